The van der Waals surface area contributed by atoms with Crippen molar-refractivity contribution in [3.8, 4) is 0 Å². The largest absolute Gasteiger partial charge is 0.409 e. The lowest BCUT2D eigenvalue weighted by Crippen LogP contribution is -2.13. The molecule has 0 aromatic heterocycles. The molecule has 2 aromatic rings. The van der Waals surface area contributed by atoms with E-state index in [-0.39, 0.29) is 11.7 Å². The first kappa shape index (κ1) is 15.4. The summed E-state index contributed by atoms with van der Waals surface area (Å²) >= 11 is 1.66. The van der Waals surface area contributed by atoms with Crippen LogP contribution in [-0.2, 0) is 11.5 Å². The molecule has 0 aliphatic rings. The number of nitrogens with two attached hydrogens (primary N) is 1. The minimum absolute atomic E-state index is 0.0898. The number of benzene rings is 2. The van der Waals surface area contributed by atoms with Gasteiger partial charge in [0.05, 0.1) is 0 Å². The van der Waals surface area contributed by atoms with Crippen LogP contribution in [0.3, 0.4) is 0 Å². The molecule has 3 nitrogen and oxygen atoms in total. The number of hydrogen-bond donors (Lipinski definition) is 2. The van der Waals surface area contributed by atoms with Crippen molar-refractivity contribution in [3.63, 3.8) is 0 Å². The van der Waals surface area contributed by atoms with Crippen LogP contribution in [0.5, 0.6) is 0 Å². The predicted octanol–water partition coefficient (Wildman–Crippen LogP) is 3.66. The summed E-state index contributed by atoms with van der Waals surface area (Å²) in [5.74, 6) is 0.995. The molecule has 0 aliphatic carbocycles. The van der Waals surface area contributed by atoms with E-state index in [1.54, 1.807) is 23.9 Å². The molecule has 0 saturated carbocycles. The smallest absolute Gasteiger partial charge is 0.170 e. The standard InChI is InChI=1S/C16H17FN2OS/c1-11-4-2-3-5-13(11)9-21-10-14-7-6-12(8-15(14)17)16(18)19-20/h2-8,20H,9-10H2,1H3,(H2,18,19). The van der Waals surface area contributed by atoms with Crippen molar-refractivity contribution >= 4 is 17.6 Å². The van der Waals surface area contributed by atoms with Gasteiger partial charge in [-0.2, -0.15) is 11.8 Å². The first-order chi connectivity index (χ1) is 10.1. The summed E-state index contributed by atoms with van der Waals surface area (Å²) in [6.45, 7) is 2.07. The van der Waals surface area contributed by atoms with Gasteiger partial charge in [-0.1, -0.05) is 41.6 Å². The maximum Gasteiger partial charge on any atom is 0.170 e. The summed E-state index contributed by atoms with van der Waals surface area (Å²) in [5, 5.41) is 11.4. The lowest BCUT2D eigenvalue weighted by molar-refractivity contribution is 0.318. The zero-order valence-electron chi connectivity index (χ0n) is 11.7. The number of oxime groups is 1. The maximum absolute atomic E-state index is 13.9. The SMILES string of the molecule is Cc1ccccc1CSCc1ccc(C(N)=NO)cc1F. The van der Waals surface area contributed by atoms with Crippen LogP contribution in [-0.4, -0.2) is 11.0 Å². The van der Waals surface area contributed by atoms with Crippen molar-refractivity contribution in [1.29, 1.82) is 0 Å². The van der Waals surface area contributed by atoms with Crippen molar-refractivity contribution in [2.75, 3.05) is 0 Å². The maximum atomic E-state index is 13.9. The highest BCUT2D eigenvalue weighted by Crippen LogP contribution is 2.22. The van der Waals surface area contributed by atoms with E-state index in [9.17, 15) is 4.39 Å². The number of aryl methyl sites for hydroxylation is 1. The van der Waals surface area contributed by atoms with Crippen molar-refractivity contribution in [2.24, 2.45) is 10.9 Å². The average Bonchev–Trinajstić information content (AvgIpc) is 2.50. The molecule has 0 fully saturated rings. The molecular weight excluding hydrogens is 287 g/mol. The van der Waals surface area contributed by atoms with Crippen LogP contribution >= 0.6 is 11.8 Å². The Bertz CT molecular complexity index is 658. The Hall–Kier alpha value is -2.01. The Morgan fingerprint density at radius 3 is 2.57 bits per heavy atom. The number of halogens is 1. The zero-order chi connectivity index (χ0) is 15.2. The van der Waals surface area contributed by atoms with Crippen LogP contribution in [0.2, 0.25) is 0 Å². The van der Waals surface area contributed by atoms with Crippen molar-refractivity contribution in [1.82, 2.24) is 0 Å². The summed E-state index contributed by atoms with van der Waals surface area (Å²) in [4.78, 5) is 0. The summed E-state index contributed by atoms with van der Waals surface area (Å²) in [5.41, 5.74) is 8.93. The highest BCUT2D eigenvalue weighted by molar-refractivity contribution is 7.97. The molecule has 0 saturated heterocycles. The second kappa shape index (κ2) is 7.13. The Labute approximate surface area is 127 Å². The van der Waals surface area contributed by atoms with Crippen molar-refractivity contribution in [2.45, 2.75) is 18.4 Å². The van der Waals surface area contributed by atoms with E-state index in [0.717, 1.165) is 5.75 Å². The molecule has 2 aromatic carbocycles. The normalized spacial score (nSPS) is 11.6. The van der Waals surface area contributed by atoms with Crippen LogP contribution in [0.1, 0.15) is 22.3 Å². The van der Waals surface area contributed by atoms with Crippen molar-refractivity contribution < 1.29 is 9.60 Å². The molecule has 0 heterocycles. The fourth-order valence-electron chi connectivity index (χ4n) is 1.92. The molecule has 110 valence electrons. The van der Waals surface area contributed by atoms with Gasteiger partial charge in [0.15, 0.2) is 5.84 Å². The Morgan fingerprint density at radius 2 is 1.90 bits per heavy atom. The third-order valence-corrected chi connectivity index (χ3v) is 4.26. The molecule has 0 amide bonds. The average molecular weight is 304 g/mol. The number of thioether (sulfide) groups is 1. The minimum atomic E-state index is -0.337. The highest BCUT2D eigenvalue weighted by Gasteiger charge is 2.07. The molecular formula is C16H17FN2OS. The third kappa shape index (κ3) is 3.98. The van der Waals surface area contributed by atoms with Crippen LogP contribution < -0.4 is 5.73 Å². The third-order valence-electron chi connectivity index (χ3n) is 3.23. The number of rotatable bonds is 5. The quantitative estimate of drug-likeness (QED) is 0.383. The monoisotopic (exact) mass is 304 g/mol. The van der Waals surface area contributed by atoms with Gasteiger partial charge < -0.3 is 10.9 Å². The zero-order valence-corrected chi connectivity index (χ0v) is 12.5. The summed E-state index contributed by atoms with van der Waals surface area (Å²) in [7, 11) is 0. The van der Waals surface area contributed by atoms with E-state index >= 15 is 0 Å². The minimum Gasteiger partial charge on any atom is -0.409 e. The molecule has 0 radical (unpaired) electrons. The van der Waals surface area contributed by atoms with E-state index < -0.39 is 0 Å². The predicted molar refractivity (Wildman–Crippen MR) is 85.1 cm³/mol. The first-order valence-electron chi connectivity index (χ1n) is 6.50. The highest BCUT2D eigenvalue weighted by atomic mass is 32.2. The molecule has 0 aliphatic heterocycles. The van der Waals surface area contributed by atoms with Gasteiger partial charge in [0.1, 0.15) is 5.82 Å². The van der Waals surface area contributed by atoms with Crippen LogP contribution in [0.4, 0.5) is 4.39 Å². The second-order valence-corrected chi connectivity index (χ2v) is 5.70. The molecule has 21 heavy (non-hydrogen) atoms. The van der Waals surface area contributed by atoms with E-state index in [1.807, 2.05) is 12.1 Å². The van der Waals surface area contributed by atoms with Gasteiger partial charge in [-0.05, 0) is 29.7 Å². The Kier molecular flexibility index (Phi) is 5.22. The molecule has 0 atom stereocenters. The lowest BCUT2D eigenvalue weighted by Gasteiger charge is -2.07. The van der Waals surface area contributed by atoms with Crippen LogP contribution in [0, 0.1) is 12.7 Å². The number of hydrogen-bond acceptors (Lipinski definition) is 3. The summed E-state index contributed by atoms with van der Waals surface area (Å²) in [6, 6.07) is 12.8. The van der Waals surface area contributed by atoms with E-state index in [2.05, 4.69) is 24.2 Å². The van der Waals surface area contributed by atoms with Gasteiger partial charge in [0.25, 0.3) is 0 Å². The topological polar surface area (TPSA) is 58.6 Å². The van der Waals surface area contributed by atoms with Gasteiger partial charge in [-0.25, -0.2) is 4.39 Å². The van der Waals surface area contributed by atoms with Gasteiger partial charge in [0, 0.05) is 17.1 Å². The summed E-state index contributed by atoms with van der Waals surface area (Å²) in [6.07, 6.45) is 0. The fraction of sp³-hybridized carbons (Fsp3) is 0.188. The van der Waals surface area contributed by atoms with Gasteiger partial charge >= 0.3 is 0 Å². The van der Waals surface area contributed by atoms with E-state index in [1.165, 1.54) is 17.2 Å². The van der Waals surface area contributed by atoms with Crippen molar-refractivity contribution in [3.05, 3.63) is 70.5 Å². The van der Waals surface area contributed by atoms with Crippen LogP contribution in [0.25, 0.3) is 0 Å². The molecule has 2 rings (SSSR count). The molecule has 3 N–H and O–H groups in total. The molecule has 0 unspecified atom stereocenters. The fourth-order valence-corrected chi connectivity index (χ4v) is 3.02. The van der Waals surface area contributed by atoms with Gasteiger partial charge in [-0.15, -0.1) is 0 Å². The van der Waals surface area contributed by atoms with Gasteiger partial charge in [-0.3, -0.25) is 0 Å². The molecule has 0 bridgehead atoms. The molecule has 0 spiro atoms. The van der Waals surface area contributed by atoms with E-state index in [0.29, 0.717) is 16.9 Å². The Morgan fingerprint density at radius 1 is 1.19 bits per heavy atom. The second-order valence-electron chi connectivity index (χ2n) is 4.71. The summed E-state index contributed by atoms with van der Waals surface area (Å²) < 4.78 is 13.9. The van der Waals surface area contributed by atoms with E-state index in [4.69, 9.17) is 10.9 Å². The number of amidine groups is 1. The first-order valence-corrected chi connectivity index (χ1v) is 7.66. The number of nitrogens with zero attached hydrogens (tertiary/aromatic N) is 1. The van der Waals surface area contributed by atoms with Crippen LogP contribution in [0.15, 0.2) is 47.6 Å². The lowest BCUT2D eigenvalue weighted by atomic mass is 10.1. The Balaban J connectivity index is 1.99. The molecule has 5 heteroatoms. The van der Waals surface area contributed by atoms with Gasteiger partial charge in [0.2, 0.25) is 0 Å².